The van der Waals surface area contributed by atoms with Crippen molar-refractivity contribution in [1.82, 2.24) is 0 Å². The summed E-state index contributed by atoms with van der Waals surface area (Å²) in [7, 11) is 0. The zero-order valence-corrected chi connectivity index (χ0v) is 8.78. The lowest BCUT2D eigenvalue weighted by molar-refractivity contribution is 1.84. The Morgan fingerprint density at radius 3 is 2.67 bits per heavy atom. The van der Waals surface area contributed by atoms with Crippen LogP contribution in [0, 0.1) is 6.07 Å². The Labute approximate surface area is 89.0 Å². The molecule has 0 amide bonds. The van der Waals surface area contributed by atoms with E-state index in [1.54, 1.807) is 12.1 Å². The first-order chi connectivity index (χ1) is 5.66. The highest BCUT2D eigenvalue weighted by molar-refractivity contribution is 7.19. The van der Waals surface area contributed by atoms with Crippen LogP contribution in [0.25, 0.3) is 10.4 Å². The van der Waals surface area contributed by atoms with E-state index in [9.17, 15) is 0 Å². The molecular weight excluding hydrogens is 235 g/mol. The van der Waals surface area contributed by atoms with Gasteiger partial charge in [0.1, 0.15) is 0 Å². The van der Waals surface area contributed by atoms with Crippen LogP contribution >= 0.6 is 46.1 Å². The molecule has 0 unspecified atom stereocenters. The summed E-state index contributed by atoms with van der Waals surface area (Å²) in [5.41, 5.74) is 0.913. The van der Waals surface area contributed by atoms with Gasteiger partial charge < -0.3 is 0 Å². The normalized spacial score (nSPS) is 10.9. The van der Waals surface area contributed by atoms with Crippen molar-refractivity contribution in [1.29, 1.82) is 0 Å². The van der Waals surface area contributed by atoms with Gasteiger partial charge in [-0.1, -0.05) is 34.8 Å². The number of rotatable bonds is 0. The molecule has 0 nitrogen and oxygen atoms in total. The van der Waals surface area contributed by atoms with E-state index < -0.39 is 0 Å². The molecular formula is C8H2Cl3S. The largest absolute Gasteiger partial charge is 0.123 e. The zero-order chi connectivity index (χ0) is 8.72. The number of hydrogen-bond donors (Lipinski definition) is 0. The third-order valence-electron chi connectivity index (χ3n) is 1.45. The van der Waals surface area contributed by atoms with Crippen molar-refractivity contribution in [3.05, 3.63) is 32.6 Å². The van der Waals surface area contributed by atoms with Crippen LogP contribution in [-0.2, 0) is 0 Å². The van der Waals surface area contributed by atoms with Crippen molar-refractivity contribution in [3.8, 4) is 10.4 Å². The molecule has 2 aliphatic rings. The highest BCUT2D eigenvalue weighted by Crippen LogP contribution is 2.40. The first-order valence-electron chi connectivity index (χ1n) is 3.13. The average Bonchev–Trinajstić information content (AvgIpc) is 2.29. The lowest BCUT2D eigenvalue weighted by Crippen LogP contribution is -1.71. The van der Waals surface area contributed by atoms with E-state index in [4.69, 9.17) is 34.8 Å². The van der Waals surface area contributed by atoms with E-state index in [-0.39, 0.29) is 0 Å². The molecule has 61 valence electrons. The third-order valence-corrected chi connectivity index (χ3v) is 3.14. The quantitative estimate of drug-likeness (QED) is 0.626. The van der Waals surface area contributed by atoms with Crippen LogP contribution in [0.15, 0.2) is 12.1 Å². The van der Waals surface area contributed by atoms with Gasteiger partial charge in [0.05, 0.1) is 14.4 Å². The van der Waals surface area contributed by atoms with Gasteiger partial charge in [0, 0.05) is 16.5 Å². The van der Waals surface area contributed by atoms with Gasteiger partial charge in [-0.2, -0.15) is 0 Å². The topological polar surface area (TPSA) is 0 Å². The Morgan fingerprint density at radius 1 is 1.17 bits per heavy atom. The van der Waals surface area contributed by atoms with Gasteiger partial charge in [-0.05, 0) is 12.1 Å². The molecule has 0 aromatic carbocycles. The minimum absolute atomic E-state index is 0.574. The minimum Gasteiger partial charge on any atom is -0.123 e. The van der Waals surface area contributed by atoms with Gasteiger partial charge in [-0.25, -0.2) is 0 Å². The molecule has 0 saturated heterocycles. The minimum atomic E-state index is 0.574. The fraction of sp³-hybridized carbons (Fsp3) is 0. The van der Waals surface area contributed by atoms with Crippen LogP contribution in [0.5, 0.6) is 0 Å². The molecule has 0 saturated carbocycles. The van der Waals surface area contributed by atoms with E-state index in [0.717, 1.165) is 10.4 Å². The highest BCUT2D eigenvalue weighted by Gasteiger charge is 2.11. The predicted molar refractivity (Wildman–Crippen MR) is 54.8 cm³/mol. The second-order valence-electron chi connectivity index (χ2n) is 2.26. The van der Waals surface area contributed by atoms with Crippen molar-refractivity contribution in [2.45, 2.75) is 0 Å². The number of hydrogen-bond acceptors (Lipinski definition) is 1. The van der Waals surface area contributed by atoms with Crippen LogP contribution < -0.4 is 0 Å². The van der Waals surface area contributed by atoms with Crippen LogP contribution in [0.4, 0.5) is 0 Å². The second-order valence-corrected chi connectivity index (χ2v) is 4.76. The fourth-order valence-electron chi connectivity index (χ4n) is 0.966. The van der Waals surface area contributed by atoms with Gasteiger partial charge in [0.25, 0.3) is 0 Å². The Kier molecular flexibility index (Phi) is 2.21. The van der Waals surface area contributed by atoms with Crippen molar-refractivity contribution in [2.24, 2.45) is 0 Å². The van der Waals surface area contributed by atoms with E-state index >= 15 is 0 Å². The Hall–Kier alpha value is 0.0500. The van der Waals surface area contributed by atoms with Gasteiger partial charge in [-0.3, -0.25) is 0 Å². The molecule has 1 aliphatic heterocycles. The molecule has 4 heteroatoms. The molecule has 0 aromatic rings. The molecule has 0 aromatic heterocycles. The Balaban J connectivity index is 2.79. The summed E-state index contributed by atoms with van der Waals surface area (Å²) < 4.78 is 0.644. The summed E-state index contributed by atoms with van der Waals surface area (Å²) in [6.45, 7) is 0. The molecule has 0 N–H and O–H groups in total. The van der Waals surface area contributed by atoms with Crippen LogP contribution in [0.1, 0.15) is 0 Å². The number of halogens is 3. The maximum Gasteiger partial charge on any atom is 0.0949 e. The first-order valence-corrected chi connectivity index (χ1v) is 5.08. The van der Waals surface area contributed by atoms with E-state index in [2.05, 4.69) is 6.07 Å². The third kappa shape index (κ3) is 1.42. The number of fused-ring (bicyclic) bond motifs is 1. The summed E-state index contributed by atoms with van der Waals surface area (Å²) in [6, 6.07) is 6.45. The monoisotopic (exact) mass is 235 g/mol. The fourth-order valence-corrected chi connectivity index (χ4v) is 2.81. The summed E-state index contributed by atoms with van der Waals surface area (Å²) in [4.78, 5) is 0.900. The van der Waals surface area contributed by atoms with Gasteiger partial charge >= 0.3 is 0 Å². The van der Waals surface area contributed by atoms with Gasteiger partial charge in [0.15, 0.2) is 0 Å². The lowest BCUT2D eigenvalue weighted by Gasteiger charge is -1.99. The molecule has 0 fully saturated rings. The molecule has 0 bridgehead atoms. The van der Waals surface area contributed by atoms with Crippen LogP contribution in [0.3, 0.4) is 0 Å². The predicted octanol–water partition coefficient (Wildman–Crippen LogP) is 4.61. The molecule has 12 heavy (non-hydrogen) atoms. The van der Waals surface area contributed by atoms with Gasteiger partial charge in [-0.15, -0.1) is 11.3 Å². The van der Waals surface area contributed by atoms with Crippen molar-refractivity contribution in [2.75, 3.05) is 0 Å². The van der Waals surface area contributed by atoms with Crippen molar-refractivity contribution >= 4 is 46.1 Å². The maximum absolute atomic E-state index is 5.92. The van der Waals surface area contributed by atoms with E-state index in [0.29, 0.717) is 14.4 Å². The zero-order valence-electron chi connectivity index (χ0n) is 5.70. The Bertz CT molecular complexity index is 394. The second kappa shape index (κ2) is 3.08. The van der Waals surface area contributed by atoms with E-state index in [1.807, 2.05) is 0 Å². The van der Waals surface area contributed by atoms with Crippen molar-refractivity contribution in [3.63, 3.8) is 0 Å². The summed E-state index contributed by atoms with van der Waals surface area (Å²) >= 11 is 18.9. The Morgan fingerprint density at radius 2 is 1.92 bits per heavy atom. The first kappa shape index (κ1) is 8.64. The van der Waals surface area contributed by atoms with Crippen LogP contribution in [-0.4, -0.2) is 0 Å². The highest BCUT2D eigenvalue weighted by atomic mass is 35.5. The molecule has 1 heterocycles. The standard InChI is InChI=1S/C8H2Cl3S/c9-4-1-5-6(10)3-8(11)12-7(5)2-4/h1,3H. The van der Waals surface area contributed by atoms with E-state index in [1.165, 1.54) is 11.3 Å². The SMILES string of the molecule is Clc1[c]c2sc(Cl)cc(Cl)c-2c1. The maximum atomic E-state index is 5.92. The van der Waals surface area contributed by atoms with Crippen LogP contribution in [0.2, 0.25) is 14.4 Å². The molecule has 1 aliphatic carbocycles. The lowest BCUT2D eigenvalue weighted by atomic mass is 10.3. The molecule has 1 radical (unpaired) electrons. The molecule has 0 spiro atoms. The average molecular weight is 237 g/mol. The smallest absolute Gasteiger partial charge is 0.0949 e. The van der Waals surface area contributed by atoms with Gasteiger partial charge in [0.2, 0.25) is 0 Å². The summed E-state index contributed by atoms with van der Waals surface area (Å²) in [6.07, 6.45) is 0. The summed E-state index contributed by atoms with van der Waals surface area (Å²) in [5.74, 6) is 0. The molecule has 2 rings (SSSR count). The molecule has 0 atom stereocenters. The summed E-state index contributed by atoms with van der Waals surface area (Å²) in [5, 5.41) is 1.20. The van der Waals surface area contributed by atoms with Crippen molar-refractivity contribution < 1.29 is 0 Å².